The zero-order chi connectivity index (χ0) is 25.9. The van der Waals surface area contributed by atoms with E-state index in [4.69, 9.17) is 4.74 Å². The number of morpholine rings is 1. The topological polar surface area (TPSA) is 124 Å². The van der Waals surface area contributed by atoms with E-state index in [0.29, 0.717) is 25.7 Å². The molecule has 2 saturated heterocycles. The van der Waals surface area contributed by atoms with Gasteiger partial charge in [-0.1, -0.05) is 18.7 Å². The average molecular weight is 512 g/mol. The number of amides is 1. The summed E-state index contributed by atoms with van der Waals surface area (Å²) in [7, 11) is 0. The minimum atomic E-state index is -0.153. The van der Waals surface area contributed by atoms with Crippen molar-refractivity contribution in [3.63, 3.8) is 0 Å². The van der Waals surface area contributed by atoms with E-state index < -0.39 is 0 Å². The highest BCUT2D eigenvalue weighted by molar-refractivity contribution is 5.92. The lowest BCUT2D eigenvalue weighted by atomic mass is 10.1. The molecule has 11 heteroatoms. The molecule has 0 bridgehead atoms. The first kappa shape index (κ1) is 23.9. The van der Waals surface area contributed by atoms with Gasteiger partial charge in [0.25, 0.3) is 0 Å². The van der Waals surface area contributed by atoms with Crippen LogP contribution in [0.5, 0.6) is 0 Å². The van der Waals surface area contributed by atoms with Crippen molar-refractivity contribution in [3.05, 3.63) is 61.7 Å². The molecule has 3 aromatic heterocycles. The Kier molecular flexibility index (Phi) is 6.57. The van der Waals surface area contributed by atoms with Gasteiger partial charge in [0.2, 0.25) is 11.9 Å². The number of H-pyrrole nitrogens is 1. The van der Waals surface area contributed by atoms with E-state index in [2.05, 4.69) is 70.1 Å². The quantitative estimate of drug-likeness (QED) is 0.321. The number of benzene rings is 1. The van der Waals surface area contributed by atoms with Crippen LogP contribution in [0.3, 0.4) is 0 Å². The molecule has 5 heterocycles. The van der Waals surface area contributed by atoms with Gasteiger partial charge < -0.3 is 30.2 Å². The van der Waals surface area contributed by atoms with Crippen LogP contribution in [0, 0.1) is 0 Å². The van der Waals surface area contributed by atoms with Gasteiger partial charge in [0.05, 0.1) is 36.7 Å². The lowest BCUT2D eigenvalue weighted by Crippen LogP contribution is -2.36. The molecule has 1 aromatic carbocycles. The van der Waals surface area contributed by atoms with Gasteiger partial charge in [0, 0.05) is 43.6 Å². The van der Waals surface area contributed by atoms with Crippen molar-refractivity contribution in [3.8, 4) is 11.3 Å². The van der Waals surface area contributed by atoms with Crippen LogP contribution in [0.2, 0.25) is 0 Å². The molecular weight excluding hydrogens is 482 g/mol. The normalized spacial score (nSPS) is 17.5. The molecule has 1 amide bonds. The number of hydrogen-bond donors (Lipinski definition) is 3. The molecule has 1 atom stereocenters. The fraction of sp³-hybridized carbons (Fsp3) is 0.296. The third-order valence-corrected chi connectivity index (χ3v) is 6.84. The van der Waals surface area contributed by atoms with Crippen LogP contribution in [0.25, 0.3) is 22.3 Å². The van der Waals surface area contributed by atoms with Gasteiger partial charge in [0.1, 0.15) is 17.8 Å². The summed E-state index contributed by atoms with van der Waals surface area (Å²) < 4.78 is 5.49. The van der Waals surface area contributed by atoms with Gasteiger partial charge in [-0.2, -0.15) is 0 Å². The van der Waals surface area contributed by atoms with Gasteiger partial charge in [-0.3, -0.25) is 4.79 Å². The van der Waals surface area contributed by atoms with Crippen LogP contribution < -0.4 is 20.4 Å². The minimum absolute atomic E-state index is 0.0793. The van der Waals surface area contributed by atoms with E-state index in [1.807, 2.05) is 12.1 Å². The molecule has 0 unspecified atom stereocenters. The van der Waals surface area contributed by atoms with Crippen molar-refractivity contribution < 1.29 is 9.53 Å². The molecule has 2 aliphatic rings. The Labute approximate surface area is 220 Å². The maximum Gasteiger partial charge on any atom is 0.243 e. The molecule has 194 valence electrons. The predicted molar refractivity (Wildman–Crippen MR) is 147 cm³/mol. The Morgan fingerprint density at radius 2 is 1.82 bits per heavy atom. The van der Waals surface area contributed by atoms with E-state index in [1.165, 1.54) is 6.08 Å². The summed E-state index contributed by atoms with van der Waals surface area (Å²) in [6.07, 6.45) is 7.30. The molecule has 0 aliphatic carbocycles. The number of nitrogens with zero attached hydrogens (tertiary/aromatic N) is 6. The lowest BCUT2D eigenvalue weighted by Gasteiger charge is -2.27. The first-order chi connectivity index (χ1) is 18.7. The number of ether oxygens (including phenoxy) is 1. The fourth-order valence-electron chi connectivity index (χ4n) is 4.88. The maximum absolute atomic E-state index is 11.5. The van der Waals surface area contributed by atoms with Gasteiger partial charge in [-0.05, 0) is 36.3 Å². The van der Waals surface area contributed by atoms with Gasteiger partial charge in [0.15, 0.2) is 0 Å². The molecule has 0 spiro atoms. The largest absolute Gasteiger partial charge is 0.378 e. The summed E-state index contributed by atoms with van der Waals surface area (Å²) in [5, 5.41) is 7.30. The smallest absolute Gasteiger partial charge is 0.243 e. The summed E-state index contributed by atoms with van der Waals surface area (Å²) >= 11 is 0. The molecule has 11 nitrogen and oxygen atoms in total. The van der Waals surface area contributed by atoms with Crippen molar-refractivity contribution in [1.82, 2.24) is 30.2 Å². The Morgan fingerprint density at radius 1 is 1.03 bits per heavy atom. The first-order valence-electron chi connectivity index (χ1n) is 12.7. The Bertz CT molecular complexity index is 1430. The second-order valence-electron chi connectivity index (χ2n) is 9.36. The van der Waals surface area contributed by atoms with Crippen molar-refractivity contribution in [2.45, 2.75) is 12.5 Å². The van der Waals surface area contributed by atoms with Gasteiger partial charge >= 0.3 is 0 Å². The number of hydrogen-bond acceptors (Lipinski definition) is 9. The number of fused-ring (bicyclic) bond motifs is 1. The monoisotopic (exact) mass is 511 g/mol. The molecule has 3 N–H and O–H groups in total. The number of nitrogens with one attached hydrogen (secondary N) is 3. The van der Waals surface area contributed by atoms with Crippen LogP contribution >= 0.6 is 0 Å². The Morgan fingerprint density at radius 3 is 2.58 bits per heavy atom. The zero-order valence-corrected chi connectivity index (χ0v) is 20.9. The fourth-order valence-corrected chi connectivity index (χ4v) is 4.88. The lowest BCUT2D eigenvalue weighted by molar-refractivity contribution is -0.117. The van der Waals surface area contributed by atoms with Crippen LogP contribution in [0.15, 0.2) is 61.7 Å². The number of carbonyl (C=O) groups excluding carboxylic acids is 1. The van der Waals surface area contributed by atoms with Gasteiger partial charge in [-0.25, -0.2) is 19.9 Å². The summed E-state index contributed by atoms with van der Waals surface area (Å²) in [5.41, 5.74) is 4.60. The van der Waals surface area contributed by atoms with Crippen LogP contribution in [-0.2, 0) is 9.53 Å². The molecule has 0 saturated carbocycles. The first-order valence-corrected chi connectivity index (χ1v) is 12.7. The average Bonchev–Trinajstić information content (AvgIpc) is 3.61. The van der Waals surface area contributed by atoms with E-state index in [1.54, 1.807) is 18.7 Å². The third kappa shape index (κ3) is 5.00. The van der Waals surface area contributed by atoms with Crippen molar-refractivity contribution in [2.75, 3.05) is 54.5 Å². The number of aromatic nitrogens is 5. The summed E-state index contributed by atoms with van der Waals surface area (Å²) in [5.74, 6) is 1.44. The zero-order valence-electron chi connectivity index (χ0n) is 20.9. The molecule has 38 heavy (non-hydrogen) atoms. The summed E-state index contributed by atoms with van der Waals surface area (Å²) in [6.45, 7) is 8.04. The SMILES string of the molecule is C=CC(=O)N[C@@H]1CCN(c2ncc(Nc3ccc(-c4cc5c(N6CCOCC6)ncnc5[nH]4)cc3)cn2)C1. The number of carbonyl (C=O) groups is 1. The summed E-state index contributed by atoms with van der Waals surface area (Å²) in [6, 6.07) is 10.4. The minimum Gasteiger partial charge on any atom is -0.378 e. The van der Waals surface area contributed by atoms with E-state index in [9.17, 15) is 4.79 Å². The number of rotatable bonds is 7. The second kappa shape index (κ2) is 10.5. The van der Waals surface area contributed by atoms with Crippen LogP contribution in [-0.4, -0.2) is 76.3 Å². The van der Waals surface area contributed by atoms with Crippen molar-refractivity contribution in [2.24, 2.45) is 0 Å². The molecule has 2 aliphatic heterocycles. The molecular formula is C27H29N9O2. The van der Waals surface area contributed by atoms with Crippen molar-refractivity contribution >= 4 is 40.1 Å². The van der Waals surface area contributed by atoms with Crippen LogP contribution in [0.4, 0.5) is 23.1 Å². The Hall–Kier alpha value is -4.51. The van der Waals surface area contributed by atoms with Gasteiger partial charge in [-0.15, -0.1) is 0 Å². The molecule has 0 radical (unpaired) electrons. The molecule has 6 rings (SSSR count). The molecule has 4 aromatic rings. The van der Waals surface area contributed by atoms with E-state index >= 15 is 0 Å². The summed E-state index contributed by atoms with van der Waals surface area (Å²) in [4.78, 5) is 37.3. The number of anilines is 4. The predicted octanol–water partition coefficient (Wildman–Crippen LogP) is 2.88. The standard InChI is InChI=1S/C27H29N9O2/c1-2-24(37)33-20-7-8-36(16-20)27-28-14-21(15-29-27)32-19-5-3-18(4-6-19)23-13-22-25(34-23)30-17-31-26(22)35-9-11-38-12-10-35/h2-6,13-15,17,20,32H,1,7-12,16H2,(H,33,37)(H,30,31,34)/t20-/m1/s1. The second-order valence-corrected chi connectivity index (χ2v) is 9.36. The highest BCUT2D eigenvalue weighted by Crippen LogP contribution is 2.30. The third-order valence-electron chi connectivity index (χ3n) is 6.84. The Balaban J connectivity index is 1.11. The highest BCUT2D eigenvalue weighted by Gasteiger charge is 2.25. The highest BCUT2D eigenvalue weighted by atomic mass is 16.5. The molecule has 2 fully saturated rings. The van der Waals surface area contributed by atoms with Crippen molar-refractivity contribution in [1.29, 1.82) is 0 Å². The van der Waals surface area contributed by atoms with E-state index in [0.717, 1.165) is 65.5 Å². The van der Waals surface area contributed by atoms with E-state index in [-0.39, 0.29) is 11.9 Å². The number of aromatic amines is 1. The maximum atomic E-state index is 11.5. The van der Waals surface area contributed by atoms with Crippen LogP contribution in [0.1, 0.15) is 6.42 Å².